The van der Waals surface area contributed by atoms with Crippen molar-refractivity contribution in [3.63, 3.8) is 0 Å². The Morgan fingerprint density at radius 1 is 1.32 bits per heavy atom. The van der Waals surface area contributed by atoms with E-state index in [9.17, 15) is 4.79 Å². The third-order valence-electron chi connectivity index (χ3n) is 3.89. The summed E-state index contributed by atoms with van der Waals surface area (Å²) >= 11 is 1.43. The molecule has 1 saturated carbocycles. The van der Waals surface area contributed by atoms with Gasteiger partial charge < -0.3 is 9.88 Å². The molecule has 1 amide bonds. The Balaban J connectivity index is 1.61. The van der Waals surface area contributed by atoms with E-state index in [1.165, 1.54) is 24.6 Å². The van der Waals surface area contributed by atoms with Gasteiger partial charge in [0.25, 0.3) is 0 Å². The van der Waals surface area contributed by atoms with Crippen molar-refractivity contribution in [3.8, 4) is 0 Å². The molecule has 1 heterocycles. The summed E-state index contributed by atoms with van der Waals surface area (Å²) < 4.78 is 2.01. The van der Waals surface area contributed by atoms with E-state index >= 15 is 0 Å². The topological polar surface area (TPSA) is 59.8 Å². The van der Waals surface area contributed by atoms with Crippen LogP contribution in [0.5, 0.6) is 0 Å². The number of aryl methyl sites for hydroxylation is 2. The van der Waals surface area contributed by atoms with Crippen LogP contribution >= 0.6 is 11.8 Å². The maximum atomic E-state index is 12.2. The fourth-order valence-corrected chi connectivity index (χ4v) is 3.18. The highest BCUT2D eigenvalue weighted by Crippen LogP contribution is 2.39. The Labute approximate surface area is 134 Å². The van der Waals surface area contributed by atoms with Crippen molar-refractivity contribution in [1.82, 2.24) is 14.8 Å². The van der Waals surface area contributed by atoms with Gasteiger partial charge in [-0.2, -0.15) is 0 Å². The normalized spacial score (nSPS) is 14.1. The molecule has 1 aromatic carbocycles. The first kappa shape index (κ1) is 15.1. The van der Waals surface area contributed by atoms with Crippen LogP contribution in [-0.4, -0.2) is 26.4 Å². The van der Waals surface area contributed by atoms with Crippen molar-refractivity contribution in [2.24, 2.45) is 7.05 Å². The van der Waals surface area contributed by atoms with Gasteiger partial charge in [-0.15, -0.1) is 10.2 Å². The van der Waals surface area contributed by atoms with Crippen LogP contribution in [0.1, 0.15) is 35.7 Å². The van der Waals surface area contributed by atoms with Crippen LogP contribution in [0.4, 0.5) is 5.69 Å². The zero-order chi connectivity index (χ0) is 15.7. The van der Waals surface area contributed by atoms with Crippen LogP contribution in [-0.2, 0) is 11.8 Å². The molecule has 1 fully saturated rings. The highest BCUT2D eigenvalue weighted by Gasteiger charge is 2.29. The van der Waals surface area contributed by atoms with E-state index in [0.29, 0.717) is 11.7 Å². The number of para-hydroxylation sites is 1. The number of hydrogen-bond acceptors (Lipinski definition) is 4. The smallest absolute Gasteiger partial charge is 0.234 e. The van der Waals surface area contributed by atoms with Crippen LogP contribution in [0, 0.1) is 13.8 Å². The summed E-state index contributed by atoms with van der Waals surface area (Å²) in [6.45, 7) is 4.00. The monoisotopic (exact) mass is 316 g/mol. The fourth-order valence-electron chi connectivity index (χ4n) is 2.47. The largest absolute Gasteiger partial charge is 0.325 e. The second-order valence-corrected chi connectivity index (χ2v) is 6.72. The minimum absolute atomic E-state index is 0.0154. The molecule has 0 atom stereocenters. The minimum Gasteiger partial charge on any atom is -0.325 e. The summed E-state index contributed by atoms with van der Waals surface area (Å²) in [5, 5.41) is 12.2. The second-order valence-electron chi connectivity index (χ2n) is 5.78. The molecule has 1 aliphatic carbocycles. The van der Waals surface area contributed by atoms with E-state index in [1.807, 2.05) is 43.7 Å². The predicted molar refractivity (Wildman–Crippen MR) is 88.2 cm³/mol. The molecule has 0 unspecified atom stereocenters. The zero-order valence-electron chi connectivity index (χ0n) is 13.1. The van der Waals surface area contributed by atoms with Gasteiger partial charge in [0.1, 0.15) is 5.82 Å². The average molecular weight is 316 g/mol. The minimum atomic E-state index is -0.0154. The van der Waals surface area contributed by atoms with Crippen molar-refractivity contribution in [1.29, 1.82) is 0 Å². The number of aromatic nitrogens is 3. The van der Waals surface area contributed by atoms with Crippen molar-refractivity contribution < 1.29 is 4.79 Å². The van der Waals surface area contributed by atoms with Crippen LogP contribution in [0.3, 0.4) is 0 Å². The lowest BCUT2D eigenvalue weighted by Crippen LogP contribution is -2.16. The van der Waals surface area contributed by atoms with Crippen LogP contribution < -0.4 is 5.32 Å². The molecule has 5 nitrogen and oxygen atoms in total. The predicted octanol–water partition coefficient (Wildman–Crippen LogP) is 3.04. The highest BCUT2D eigenvalue weighted by atomic mass is 32.2. The number of nitrogens with one attached hydrogen (secondary N) is 1. The van der Waals surface area contributed by atoms with Crippen molar-refractivity contribution in [2.45, 2.75) is 37.8 Å². The molecule has 116 valence electrons. The quantitative estimate of drug-likeness (QED) is 0.861. The Morgan fingerprint density at radius 2 is 2.00 bits per heavy atom. The molecule has 0 saturated heterocycles. The van der Waals surface area contributed by atoms with E-state index < -0.39 is 0 Å². The van der Waals surface area contributed by atoms with E-state index in [1.54, 1.807) is 0 Å². The second kappa shape index (κ2) is 6.12. The molecule has 2 aromatic rings. The number of hydrogen-bond donors (Lipinski definition) is 1. The van der Waals surface area contributed by atoms with Gasteiger partial charge in [-0.1, -0.05) is 30.0 Å². The van der Waals surface area contributed by atoms with Gasteiger partial charge >= 0.3 is 0 Å². The van der Waals surface area contributed by atoms with Crippen LogP contribution in [0.25, 0.3) is 0 Å². The lowest BCUT2D eigenvalue weighted by Gasteiger charge is -2.11. The lowest BCUT2D eigenvalue weighted by molar-refractivity contribution is -0.113. The highest BCUT2D eigenvalue weighted by molar-refractivity contribution is 7.99. The first-order valence-corrected chi connectivity index (χ1v) is 8.43. The summed E-state index contributed by atoms with van der Waals surface area (Å²) in [7, 11) is 1.97. The molecule has 0 radical (unpaired) electrons. The lowest BCUT2D eigenvalue weighted by atomic mass is 10.1. The number of rotatable bonds is 5. The fraction of sp³-hybridized carbons (Fsp3) is 0.438. The summed E-state index contributed by atoms with van der Waals surface area (Å²) in [6, 6.07) is 5.99. The summed E-state index contributed by atoms with van der Waals surface area (Å²) in [5.41, 5.74) is 3.06. The number of carbonyl (C=O) groups is 1. The van der Waals surface area contributed by atoms with Crippen molar-refractivity contribution in [3.05, 3.63) is 35.2 Å². The van der Waals surface area contributed by atoms with Gasteiger partial charge in [0.2, 0.25) is 5.91 Å². The molecule has 0 aliphatic heterocycles. The molecular formula is C16H20N4OS. The molecule has 1 aromatic heterocycles. The van der Waals surface area contributed by atoms with E-state index in [4.69, 9.17) is 0 Å². The first-order valence-electron chi connectivity index (χ1n) is 7.44. The molecule has 0 bridgehead atoms. The maximum absolute atomic E-state index is 12.2. The molecule has 1 N–H and O–H groups in total. The zero-order valence-corrected chi connectivity index (χ0v) is 13.9. The number of nitrogens with zero attached hydrogens (tertiary/aromatic N) is 3. The molecule has 1 aliphatic rings. The summed E-state index contributed by atoms with van der Waals surface area (Å²) in [6.07, 6.45) is 2.40. The standard InChI is InChI=1S/C16H20N4OS/c1-10-5-4-6-11(2)14(10)17-13(21)9-22-16-19-18-15(20(16)3)12-7-8-12/h4-6,12H,7-9H2,1-3H3,(H,17,21). The van der Waals surface area contributed by atoms with Gasteiger partial charge in [0, 0.05) is 18.7 Å². The Morgan fingerprint density at radius 3 is 2.64 bits per heavy atom. The van der Waals surface area contributed by atoms with Crippen LogP contribution in [0.15, 0.2) is 23.4 Å². The van der Waals surface area contributed by atoms with E-state index in [-0.39, 0.29) is 5.91 Å². The first-order chi connectivity index (χ1) is 10.6. The maximum Gasteiger partial charge on any atom is 0.234 e. The molecule has 0 spiro atoms. The Bertz CT molecular complexity index is 686. The van der Waals surface area contributed by atoms with Crippen molar-refractivity contribution >= 4 is 23.4 Å². The van der Waals surface area contributed by atoms with Crippen molar-refractivity contribution in [2.75, 3.05) is 11.1 Å². The van der Waals surface area contributed by atoms with Gasteiger partial charge in [0.15, 0.2) is 5.16 Å². The average Bonchev–Trinajstić information content (AvgIpc) is 3.25. The third kappa shape index (κ3) is 3.16. The number of benzene rings is 1. The van der Waals surface area contributed by atoms with Gasteiger partial charge in [0.05, 0.1) is 5.75 Å². The van der Waals surface area contributed by atoms with Gasteiger partial charge in [-0.05, 0) is 37.8 Å². The number of carbonyl (C=O) groups excluding carboxylic acids is 1. The van der Waals surface area contributed by atoms with E-state index in [0.717, 1.165) is 27.8 Å². The SMILES string of the molecule is Cc1cccc(C)c1NC(=O)CSc1nnc(C2CC2)n1C. The number of anilines is 1. The van der Waals surface area contributed by atoms with Gasteiger partial charge in [-0.3, -0.25) is 4.79 Å². The number of amides is 1. The van der Waals surface area contributed by atoms with Crippen LogP contribution in [0.2, 0.25) is 0 Å². The molecule has 22 heavy (non-hydrogen) atoms. The molecule has 6 heteroatoms. The van der Waals surface area contributed by atoms with Gasteiger partial charge in [-0.25, -0.2) is 0 Å². The summed E-state index contributed by atoms with van der Waals surface area (Å²) in [5.74, 6) is 1.93. The molecule has 3 rings (SSSR count). The third-order valence-corrected chi connectivity index (χ3v) is 4.91. The number of thioether (sulfide) groups is 1. The Kier molecular flexibility index (Phi) is 4.20. The Hall–Kier alpha value is -1.82. The summed E-state index contributed by atoms with van der Waals surface area (Å²) in [4.78, 5) is 12.2. The van der Waals surface area contributed by atoms with E-state index in [2.05, 4.69) is 15.5 Å². The molecular weight excluding hydrogens is 296 g/mol.